The molecule has 0 saturated heterocycles. The second-order valence-electron chi connectivity index (χ2n) is 7.95. The highest BCUT2D eigenvalue weighted by atomic mass is 32.2. The lowest BCUT2D eigenvalue weighted by Gasteiger charge is -2.19. The van der Waals surface area contributed by atoms with Gasteiger partial charge in [0.2, 0.25) is 10.0 Å². The normalized spacial score (nSPS) is 12.3. The molecule has 8 heteroatoms. The summed E-state index contributed by atoms with van der Waals surface area (Å²) in [5.74, 6) is 1.20. The van der Waals surface area contributed by atoms with E-state index in [-0.39, 0.29) is 12.0 Å². The van der Waals surface area contributed by atoms with Crippen LogP contribution in [-0.4, -0.2) is 46.4 Å². The molecule has 1 unspecified atom stereocenters. The van der Waals surface area contributed by atoms with Gasteiger partial charge in [-0.05, 0) is 75.1 Å². The summed E-state index contributed by atoms with van der Waals surface area (Å²) < 4.78 is 36.0. The van der Waals surface area contributed by atoms with Crippen LogP contribution in [-0.2, 0) is 21.2 Å². The van der Waals surface area contributed by atoms with E-state index in [1.807, 2.05) is 39.0 Å². The minimum absolute atomic E-state index is 0.132. The zero-order valence-corrected chi connectivity index (χ0v) is 20.3. The number of benzene rings is 2. The zero-order valence-electron chi connectivity index (χ0n) is 19.5. The maximum absolute atomic E-state index is 12.5. The molecule has 0 aliphatic heterocycles. The van der Waals surface area contributed by atoms with E-state index >= 15 is 0 Å². The van der Waals surface area contributed by atoms with Crippen molar-refractivity contribution in [2.45, 2.75) is 52.2 Å². The summed E-state index contributed by atoms with van der Waals surface area (Å²) in [6.45, 7) is 6.43. The van der Waals surface area contributed by atoms with Gasteiger partial charge in [0.05, 0.1) is 18.0 Å². The molecule has 0 radical (unpaired) electrons. The highest BCUT2D eigenvalue weighted by molar-refractivity contribution is 7.92. The van der Waals surface area contributed by atoms with Crippen molar-refractivity contribution in [2.24, 2.45) is 0 Å². The van der Waals surface area contributed by atoms with Crippen LogP contribution in [0.4, 0.5) is 5.69 Å². The molecule has 7 nitrogen and oxygen atoms in total. The van der Waals surface area contributed by atoms with Crippen LogP contribution in [0, 0.1) is 0 Å². The Morgan fingerprint density at radius 1 is 1.06 bits per heavy atom. The van der Waals surface area contributed by atoms with Crippen molar-refractivity contribution in [3.63, 3.8) is 0 Å². The van der Waals surface area contributed by atoms with E-state index in [0.717, 1.165) is 24.8 Å². The number of sulfonamides is 1. The molecule has 0 spiro atoms. The van der Waals surface area contributed by atoms with Gasteiger partial charge in [0.25, 0.3) is 5.91 Å². The smallest absolute Gasteiger partial charge is 0.261 e. The molecular formula is C24H34N2O5S. The molecule has 0 heterocycles. The highest BCUT2D eigenvalue weighted by Crippen LogP contribution is 2.21. The van der Waals surface area contributed by atoms with Crippen molar-refractivity contribution < 1.29 is 22.7 Å². The molecule has 2 rings (SSSR count). The van der Waals surface area contributed by atoms with Gasteiger partial charge in [-0.1, -0.05) is 19.1 Å². The standard InChI is InChI=1S/C24H34N2O5S/c1-6-23(31-21-14-12-20(13-15-21)26(4)32(5,28)29)24(27)25-16-8-10-19-9-7-11-22(17-19)30-18(2)3/h7,9,11-15,17-18,23H,6,8,10,16H2,1-5H3,(H,25,27). The zero-order chi connectivity index (χ0) is 23.7. The largest absolute Gasteiger partial charge is 0.491 e. The van der Waals surface area contributed by atoms with Crippen LogP contribution in [0.5, 0.6) is 11.5 Å². The SMILES string of the molecule is CCC(Oc1ccc(N(C)S(C)(=O)=O)cc1)C(=O)NCCCc1cccc(OC(C)C)c1. The second kappa shape index (κ2) is 11.8. The second-order valence-corrected chi connectivity index (χ2v) is 9.96. The fraction of sp³-hybridized carbons (Fsp3) is 0.458. The number of nitrogens with zero attached hydrogens (tertiary/aromatic N) is 1. The van der Waals surface area contributed by atoms with Crippen molar-refractivity contribution in [1.82, 2.24) is 5.32 Å². The Labute approximate surface area is 191 Å². The Kier molecular flexibility index (Phi) is 9.38. The predicted molar refractivity (Wildman–Crippen MR) is 128 cm³/mol. The molecule has 2 aromatic rings. The minimum Gasteiger partial charge on any atom is -0.491 e. The molecular weight excluding hydrogens is 428 g/mol. The van der Waals surface area contributed by atoms with E-state index in [0.29, 0.717) is 24.4 Å². The lowest BCUT2D eigenvalue weighted by atomic mass is 10.1. The van der Waals surface area contributed by atoms with Crippen LogP contribution < -0.4 is 19.1 Å². The fourth-order valence-corrected chi connectivity index (χ4v) is 3.58. The number of carbonyl (C=O) groups is 1. The summed E-state index contributed by atoms with van der Waals surface area (Å²) in [6, 6.07) is 14.6. The molecule has 1 atom stereocenters. The molecule has 0 aliphatic carbocycles. The molecule has 176 valence electrons. The number of carbonyl (C=O) groups excluding carboxylic acids is 1. The van der Waals surface area contributed by atoms with Gasteiger partial charge >= 0.3 is 0 Å². The maximum Gasteiger partial charge on any atom is 0.261 e. The third-order valence-electron chi connectivity index (χ3n) is 4.85. The van der Waals surface area contributed by atoms with Gasteiger partial charge in [0.1, 0.15) is 11.5 Å². The highest BCUT2D eigenvalue weighted by Gasteiger charge is 2.18. The maximum atomic E-state index is 12.5. The van der Waals surface area contributed by atoms with Crippen molar-refractivity contribution >= 4 is 21.6 Å². The Hall–Kier alpha value is -2.74. The summed E-state index contributed by atoms with van der Waals surface area (Å²) in [5.41, 5.74) is 1.69. The van der Waals surface area contributed by atoms with Gasteiger partial charge in [-0.15, -0.1) is 0 Å². The van der Waals surface area contributed by atoms with Gasteiger partial charge in [-0.2, -0.15) is 0 Å². The third-order valence-corrected chi connectivity index (χ3v) is 6.06. The Bertz CT molecular complexity index is 974. The summed E-state index contributed by atoms with van der Waals surface area (Å²) in [5, 5.41) is 2.94. The molecule has 0 bridgehead atoms. The van der Waals surface area contributed by atoms with Gasteiger partial charge in [-0.3, -0.25) is 9.10 Å². The van der Waals surface area contributed by atoms with Crippen molar-refractivity contribution in [3.05, 3.63) is 54.1 Å². The number of hydrogen-bond donors (Lipinski definition) is 1. The first-order valence-electron chi connectivity index (χ1n) is 10.8. The molecule has 0 fully saturated rings. The summed E-state index contributed by atoms with van der Waals surface area (Å²) >= 11 is 0. The lowest BCUT2D eigenvalue weighted by Crippen LogP contribution is -2.38. The first-order valence-corrected chi connectivity index (χ1v) is 12.7. The van der Waals surface area contributed by atoms with E-state index in [2.05, 4.69) is 11.4 Å². The molecule has 1 N–H and O–H groups in total. The number of ether oxygens (including phenoxy) is 2. The van der Waals surface area contributed by atoms with Gasteiger partial charge in [0.15, 0.2) is 6.10 Å². The number of rotatable bonds is 12. The number of anilines is 1. The number of nitrogens with one attached hydrogen (secondary N) is 1. The monoisotopic (exact) mass is 462 g/mol. The molecule has 0 aliphatic rings. The summed E-state index contributed by atoms with van der Waals surface area (Å²) in [6.07, 6.45) is 2.82. The first-order chi connectivity index (χ1) is 15.1. The van der Waals surface area contributed by atoms with E-state index in [1.165, 1.54) is 16.9 Å². The van der Waals surface area contributed by atoms with Gasteiger partial charge in [0, 0.05) is 13.6 Å². The van der Waals surface area contributed by atoms with Crippen LogP contribution in [0.15, 0.2) is 48.5 Å². The molecule has 1 amide bonds. The average molecular weight is 463 g/mol. The number of hydrogen-bond acceptors (Lipinski definition) is 5. The number of amides is 1. The van der Waals surface area contributed by atoms with Gasteiger partial charge in [-0.25, -0.2) is 8.42 Å². The molecule has 0 saturated carbocycles. The first kappa shape index (κ1) is 25.5. The van der Waals surface area contributed by atoms with Crippen LogP contribution in [0.1, 0.15) is 39.2 Å². The van der Waals surface area contributed by atoms with Gasteiger partial charge < -0.3 is 14.8 Å². The van der Waals surface area contributed by atoms with Crippen LogP contribution >= 0.6 is 0 Å². The van der Waals surface area contributed by atoms with E-state index < -0.39 is 16.1 Å². The predicted octanol–water partition coefficient (Wildman–Crippen LogP) is 3.78. The lowest BCUT2D eigenvalue weighted by molar-refractivity contribution is -0.128. The Balaban J connectivity index is 1.83. The van der Waals surface area contributed by atoms with Crippen LogP contribution in [0.2, 0.25) is 0 Å². The van der Waals surface area contributed by atoms with Crippen LogP contribution in [0.25, 0.3) is 0 Å². The van der Waals surface area contributed by atoms with E-state index in [9.17, 15) is 13.2 Å². The van der Waals surface area contributed by atoms with E-state index in [4.69, 9.17) is 9.47 Å². The van der Waals surface area contributed by atoms with Crippen molar-refractivity contribution in [1.29, 1.82) is 0 Å². The summed E-state index contributed by atoms with van der Waals surface area (Å²) in [7, 11) is -1.84. The van der Waals surface area contributed by atoms with E-state index in [1.54, 1.807) is 24.3 Å². The molecule has 0 aromatic heterocycles. The van der Waals surface area contributed by atoms with Crippen molar-refractivity contribution in [3.8, 4) is 11.5 Å². The Morgan fingerprint density at radius 2 is 1.75 bits per heavy atom. The van der Waals surface area contributed by atoms with Crippen LogP contribution in [0.3, 0.4) is 0 Å². The topological polar surface area (TPSA) is 84.9 Å². The number of aryl methyl sites for hydroxylation is 1. The molecule has 32 heavy (non-hydrogen) atoms. The fourth-order valence-electron chi connectivity index (χ4n) is 3.08. The third kappa shape index (κ3) is 8.07. The summed E-state index contributed by atoms with van der Waals surface area (Å²) in [4.78, 5) is 12.5. The Morgan fingerprint density at radius 3 is 2.34 bits per heavy atom. The minimum atomic E-state index is -3.33. The molecule has 2 aromatic carbocycles. The van der Waals surface area contributed by atoms with Crippen molar-refractivity contribution in [2.75, 3.05) is 24.2 Å². The average Bonchev–Trinajstić information content (AvgIpc) is 2.74. The quantitative estimate of drug-likeness (QED) is 0.485.